The zero-order chi connectivity index (χ0) is 22.2. The van der Waals surface area contributed by atoms with Crippen LogP contribution in [-0.2, 0) is 22.7 Å². The highest BCUT2D eigenvalue weighted by Gasteiger charge is 2.13. The van der Waals surface area contributed by atoms with Gasteiger partial charge in [-0.15, -0.1) is 5.10 Å². The normalized spacial score (nSPS) is 10.5. The highest BCUT2D eigenvalue weighted by atomic mass is 32.1. The lowest BCUT2D eigenvalue weighted by Gasteiger charge is -2.07. The minimum atomic E-state index is -0.435. The number of rotatable bonds is 9. The molecule has 0 bridgehead atoms. The Morgan fingerprint density at radius 1 is 1.19 bits per heavy atom. The molecule has 0 atom stereocenters. The van der Waals surface area contributed by atoms with E-state index in [-0.39, 0.29) is 29.8 Å². The summed E-state index contributed by atoms with van der Waals surface area (Å²) >= 11 is 5.15. The predicted molar refractivity (Wildman–Crippen MR) is 116 cm³/mol. The van der Waals surface area contributed by atoms with E-state index in [0.717, 1.165) is 12.0 Å². The van der Waals surface area contributed by atoms with E-state index in [9.17, 15) is 9.59 Å². The number of hydrogen-bond acceptors (Lipinski definition) is 7. The van der Waals surface area contributed by atoms with E-state index in [4.69, 9.17) is 26.1 Å². The molecule has 162 valence electrons. The van der Waals surface area contributed by atoms with E-state index in [2.05, 4.69) is 10.4 Å². The predicted octanol–water partition coefficient (Wildman–Crippen LogP) is 4.30. The van der Waals surface area contributed by atoms with Crippen LogP contribution < -0.4 is 10.1 Å². The van der Waals surface area contributed by atoms with Gasteiger partial charge in [-0.2, -0.15) is 0 Å². The third-order valence-corrected chi connectivity index (χ3v) is 4.50. The number of ether oxygens (including phenoxy) is 2. The van der Waals surface area contributed by atoms with Gasteiger partial charge >= 0.3 is 5.97 Å². The molecule has 0 aliphatic carbocycles. The van der Waals surface area contributed by atoms with Crippen molar-refractivity contribution in [3.8, 4) is 5.75 Å². The number of carbonyl (C=O) groups is 2. The molecular weight excluding hydrogens is 418 g/mol. The molecule has 0 fully saturated rings. The van der Waals surface area contributed by atoms with Crippen molar-refractivity contribution >= 4 is 29.8 Å². The molecule has 0 unspecified atom stereocenters. The molecule has 0 spiro atoms. The van der Waals surface area contributed by atoms with Crippen LogP contribution in [0.5, 0.6) is 5.75 Å². The molecule has 0 radical (unpaired) electrons. The molecule has 2 aromatic carbocycles. The third kappa shape index (κ3) is 6.26. The SMILES string of the molecule is CCCOC(=O)c1cccc(NC(=O)Cn2nc(COc3ccccc3C)oc2=S)c1. The summed E-state index contributed by atoms with van der Waals surface area (Å²) in [4.78, 5) is 24.5. The highest BCUT2D eigenvalue weighted by Crippen LogP contribution is 2.18. The first kappa shape index (κ1) is 22.2. The van der Waals surface area contributed by atoms with Crippen molar-refractivity contribution in [3.05, 3.63) is 70.4 Å². The molecule has 31 heavy (non-hydrogen) atoms. The highest BCUT2D eigenvalue weighted by molar-refractivity contribution is 7.71. The van der Waals surface area contributed by atoms with Crippen molar-refractivity contribution in [1.82, 2.24) is 9.78 Å². The van der Waals surface area contributed by atoms with Crippen LogP contribution in [0.15, 0.2) is 52.9 Å². The lowest BCUT2D eigenvalue weighted by Crippen LogP contribution is -2.20. The maximum Gasteiger partial charge on any atom is 0.338 e. The fourth-order valence-corrected chi connectivity index (χ4v) is 2.91. The largest absolute Gasteiger partial charge is 0.484 e. The summed E-state index contributed by atoms with van der Waals surface area (Å²) in [6.07, 6.45) is 0.735. The van der Waals surface area contributed by atoms with Gasteiger partial charge < -0.3 is 19.2 Å². The van der Waals surface area contributed by atoms with E-state index in [1.165, 1.54) is 4.68 Å². The number of nitrogens with one attached hydrogen (secondary N) is 1. The standard InChI is InChI=1S/C22H23N3O5S/c1-3-11-28-21(27)16-8-6-9-17(12-16)23-19(26)13-25-22(31)30-20(24-25)14-29-18-10-5-4-7-15(18)2/h4-10,12H,3,11,13-14H2,1-2H3,(H,23,26). The monoisotopic (exact) mass is 441 g/mol. The summed E-state index contributed by atoms with van der Waals surface area (Å²) in [6.45, 7) is 4.14. The number of aromatic nitrogens is 2. The van der Waals surface area contributed by atoms with Crippen LogP contribution in [0.2, 0.25) is 0 Å². The minimum absolute atomic E-state index is 0.0652. The van der Waals surface area contributed by atoms with E-state index in [1.54, 1.807) is 24.3 Å². The number of nitrogens with zero attached hydrogens (tertiary/aromatic N) is 2. The molecule has 3 rings (SSSR count). The number of para-hydroxylation sites is 1. The molecule has 1 aromatic heterocycles. The molecule has 0 aliphatic heterocycles. The summed E-state index contributed by atoms with van der Waals surface area (Å²) in [5.41, 5.74) is 1.81. The first-order valence-electron chi connectivity index (χ1n) is 9.78. The fourth-order valence-electron chi connectivity index (χ4n) is 2.70. The quantitative estimate of drug-likeness (QED) is 0.391. The first-order chi connectivity index (χ1) is 15.0. The van der Waals surface area contributed by atoms with Crippen LogP contribution >= 0.6 is 12.2 Å². The van der Waals surface area contributed by atoms with Crippen LogP contribution in [-0.4, -0.2) is 28.3 Å². The van der Waals surface area contributed by atoms with E-state index in [1.807, 2.05) is 38.1 Å². The maximum absolute atomic E-state index is 12.4. The molecule has 8 nitrogen and oxygen atoms in total. The second kappa shape index (κ2) is 10.5. The van der Waals surface area contributed by atoms with Gasteiger partial charge in [0.05, 0.1) is 12.2 Å². The zero-order valence-corrected chi connectivity index (χ0v) is 18.1. The van der Waals surface area contributed by atoms with Crippen molar-refractivity contribution in [2.75, 3.05) is 11.9 Å². The van der Waals surface area contributed by atoms with Gasteiger partial charge in [-0.3, -0.25) is 4.79 Å². The maximum atomic E-state index is 12.4. The second-order valence-corrected chi connectivity index (χ2v) is 7.09. The molecule has 0 saturated carbocycles. The van der Waals surface area contributed by atoms with Crippen molar-refractivity contribution in [3.63, 3.8) is 0 Å². The Kier molecular flexibility index (Phi) is 7.55. The fraction of sp³-hybridized carbons (Fsp3) is 0.273. The van der Waals surface area contributed by atoms with Crippen molar-refractivity contribution in [2.45, 2.75) is 33.4 Å². The van der Waals surface area contributed by atoms with E-state index < -0.39 is 5.97 Å². The average Bonchev–Trinajstić information content (AvgIpc) is 3.10. The van der Waals surface area contributed by atoms with Crippen LogP contribution in [0.1, 0.15) is 35.2 Å². The Labute approximate surface area is 184 Å². The van der Waals surface area contributed by atoms with Gasteiger partial charge in [-0.1, -0.05) is 31.2 Å². The Morgan fingerprint density at radius 3 is 2.77 bits per heavy atom. The molecule has 1 N–H and O–H groups in total. The van der Waals surface area contributed by atoms with Crippen molar-refractivity contribution < 1.29 is 23.5 Å². The molecule has 0 aliphatic rings. The molecule has 1 heterocycles. The van der Waals surface area contributed by atoms with Gasteiger partial charge in [0.1, 0.15) is 12.3 Å². The minimum Gasteiger partial charge on any atom is -0.484 e. The van der Waals surface area contributed by atoms with E-state index in [0.29, 0.717) is 23.6 Å². The Hall–Kier alpha value is -3.46. The second-order valence-electron chi connectivity index (χ2n) is 6.74. The summed E-state index contributed by atoms with van der Waals surface area (Å²) in [6, 6.07) is 14.1. The smallest absolute Gasteiger partial charge is 0.338 e. The number of benzene rings is 2. The number of hydrogen-bond donors (Lipinski definition) is 1. The lowest BCUT2D eigenvalue weighted by atomic mass is 10.2. The van der Waals surface area contributed by atoms with Gasteiger partial charge in [0.15, 0.2) is 6.61 Å². The Balaban J connectivity index is 1.59. The van der Waals surface area contributed by atoms with E-state index >= 15 is 0 Å². The summed E-state index contributed by atoms with van der Waals surface area (Å²) in [7, 11) is 0. The van der Waals surface area contributed by atoms with Gasteiger partial charge in [-0.05, 0) is 55.4 Å². The summed E-state index contributed by atoms with van der Waals surface area (Å²) in [5, 5.41) is 6.92. The zero-order valence-electron chi connectivity index (χ0n) is 17.3. The number of esters is 1. The van der Waals surface area contributed by atoms with Crippen molar-refractivity contribution in [2.24, 2.45) is 0 Å². The number of aryl methyl sites for hydroxylation is 1. The molecule has 3 aromatic rings. The van der Waals surface area contributed by atoms with Gasteiger partial charge in [0, 0.05) is 5.69 Å². The average molecular weight is 442 g/mol. The van der Waals surface area contributed by atoms with Gasteiger partial charge in [0.2, 0.25) is 5.91 Å². The summed E-state index contributed by atoms with van der Waals surface area (Å²) < 4.78 is 17.5. The molecule has 9 heteroatoms. The molecule has 0 saturated heterocycles. The van der Waals surface area contributed by atoms with Crippen LogP contribution in [0.25, 0.3) is 0 Å². The number of amides is 1. The molecule has 1 amide bonds. The van der Waals surface area contributed by atoms with Gasteiger partial charge in [-0.25, -0.2) is 9.48 Å². The van der Waals surface area contributed by atoms with Gasteiger partial charge in [0.25, 0.3) is 10.7 Å². The van der Waals surface area contributed by atoms with Crippen LogP contribution in [0.4, 0.5) is 5.69 Å². The van der Waals surface area contributed by atoms with Crippen molar-refractivity contribution in [1.29, 1.82) is 0 Å². The number of anilines is 1. The number of carbonyl (C=O) groups excluding carboxylic acids is 2. The Bertz CT molecular complexity index is 1120. The molecular formula is C22H23N3O5S. The summed E-state index contributed by atoms with van der Waals surface area (Å²) in [5.74, 6) is 0.180. The topological polar surface area (TPSA) is 95.6 Å². The Morgan fingerprint density at radius 2 is 2.00 bits per heavy atom. The lowest BCUT2D eigenvalue weighted by molar-refractivity contribution is -0.117. The first-order valence-corrected chi connectivity index (χ1v) is 10.2. The third-order valence-electron chi connectivity index (χ3n) is 4.21. The van der Waals surface area contributed by atoms with Crippen LogP contribution in [0.3, 0.4) is 0 Å². The van der Waals surface area contributed by atoms with Crippen LogP contribution in [0, 0.1) is 11.8 Å².